The summed E-state index contributed by atoms with van der Waals surface area (Å²) in [6, 6.07) is 3.47. The number of nitrogens with one attached hydrogen (secondary N) is 1. The lowest BCUT2D eigenvalue weighted by Crippen LogP contribution is -2.14. The lowest BCUT2D eigenvalue weighted by Gasteiger charge is -2.14. The highest BCUT2D eigenvalue weighted by Crippen LogP contribution is 2.30. The summed E-state index contributed by atoms with van der Waals surface area (Å²) in [5, 5.41) is 6.93. The Balaban J connectivity index is 1.52. The molecule has 1 fully saturated rings. The van der Waals surface area contributed by atoms with Crippen LogP contribution in [0.2, 0.25) is 0 Å². The summed E-state index contributed by atoms with van der Waals surface area (Å²) in [6.45, 7) is 0. The molecule has 2 heterocycles. The topological polar surface area (TPSA) is 94.5 Å². The Kier molecular flexibility index (Phi) is 3.44. The number of nitrogens with two attached hydrogens (primary N) is 1. The van der Waals surface area contributed by atoms with E-state index in [0.717, 1.165) is 12.8 Å². The van der Waals surface area contributed by atoms with Gasteiger partial charge >= 0.3 is 0 Å². The van der Waals surface area contributed by atoms with Gasteiger partial charge in [0.05, 0.1) is 11.9 Å². The van der Waals surface area contributed by atoms with Crippen molar-refractivity contribution in [3.05, 3.63) is 41.7 Å². The van der Waals surface area contributed by atoms with Crippen LogP contribution < -0.4 is 15.8 Å². The van der Waals surface area contributed by atoms with E-state index >= 15 is 0 Å². The molecule has 2 aliphatic carbocycles. The quantitative estimate of drug-likeness (QED) is 0.897. The van der Waals surface area contributed by atoms with Crippen LogP contribution in [0, 0.1) is 5.92 Å². The first-order valence-electron chi connectivity index (χ1n) is 7.78. The number of allylic oxidation sites excluding steroid dienone is 3. The molecule has 0 unspecified atom stereocenters. The minimum atomic E-state index is -0.315. The monoisotopic (exact) mass is 329 g/mol. The van der Waals surface area contributed by atoms with Crippen LogP contribution in [-0.4, -0.2) is 20.5 Å². The Bertz CT molecular complexity index is 882. The number of aromatic nitrogens is 3. The Morgan fingerprint density at radius 2 is 2.21 bits per heavy atom. The van der Waals surface area contributed by atoms with Gasteiger partial charge in [-0.05, 0) is 25.0 Å². The third-order valence-electron chi connectivity index (χ3n) is 3.96. The Labute approximate surface area is 137 Å². The summed E-state index contributed by atoms with van der Waals surface area (Å²) in [6.07, 6.45) is 5.67. The summed E-state index contributed by atoms with van der Waals surface area (Å²) in [5.41, 5.74) is 6.27. The molecule has 24 heavy (non-hydrogen) atoms. The number of ether oxygens (including phenoxy) is 1. The minimum absolute atomic E-state index is 0.0426. The van der Waals surface area contributed by atoms with Crippen LogP contribution in [0.15, 0.2) is 41.7 Å². The summed E-state index contributed by atoms with van der Waals surface area (Å²) in [5.74, 6) is 1.14. The van der Waals surface area contributed by atoms with Crippen LogP contribution in [0.5, 0.6) is 5.75 Å². The maximum absolute atomic E-state index is 13.3. The number of carbonyl (C=O) groups excluding carboxylic acids is 1. The predicted octanol–water partition coefficient (Wildman–Crippen LogP) is 2.27. The number of hydrogen-bond acceptors (Lipinski definition) is 5. The van der Waals surface area contributed by atoms with Gasteiger partial charge in [-0.25, -0.2) is 8.91 Å². The molecule has 0 bridgehead atoms. The van der Waals surface area contributed by atoms with Crippen molar-refractivity contribution in [2.75, 3.05) is 5.32 Å². The largest absolute Gasteiger partial charge is 0.460 e. The molecule has 4 rings (SSSR count). The molecule has 0 spiro atoms. The molecule has 0 aliphatic heterocycles. The SMILES string of the molecule is NC1=C(F)CCC(Oc2ccc3nc(NC(=O)C4CC4)nn3c2)=C1. The van der Waals surface area contributed by atoms with E-state index in [9.17, 15) is 9.18 Å². The number of carbonyl (C=O) groups is 1. The summed E-state index contributed by atoms with van der Waals surface area (Å²) < 4.78 is 20.5. The van der Waals surface area contributed by atoms with E-state index in [1.165, 1.54) is 10.6 Å². The fraction of sp³-hybridized carbons (Fsp3) is 0.312. The number of halogens is 1. The van der Waals surface area contributed by atoms with Crippen molar-refractivity contribution in [3.8, 4) is 5.75 Å². The average molecular weight is 329 g/mol. The standard InChI is InChI=1S/C16H16FN5O2/c17-12-5-3-10(7-13(12)18)24-11-4-6-14-19-16(21-22(14)8-11)20-15(23)9-1-2-9/h4,6-9H,1-3,5,18H2,(H,20,21,23). The first kappa shape index (κ1) is 14.7. The highest BCUT2D eigenvalue weighted by Gasteiger charge is 2.30. The van der Waals surface area contributed by atoms with E-state index in [1.54, 1.807) is 18.3 Å². The third-order valence-corrected chi connectivity index (χ3v) is 3.96. The maximum Gasteiger partial charge on any atom is 0.249 e. The number of anilines is 1. The molecule has 8 heteroatoms. The van der Waals surface area contributed by atoms with E-state index in [-0.39, 0.29) is 35.7 Å². The highest BCUT2D eigenvalue weighted by molar-refractivity contribution is 5.92. The molecular formula is C16H16FN5O2. The lowest BCUT2D eigenvalue weighted by molar-refractivity contribution is -0.117. The number of nitrogens with zero attached hydrogens (tertiary/aromatic N) is 3. The minimum Gasteiger partial charge on any atom is -0.460 e. The fourth-order valence-corrected chi connectivity index (χ4v) is 2.47. The van der Waals surface area contributed by atoms with E-state index in [2.05, 4.69) is 15.4 Å². The van der Waals surface area contributed by atoms with Crippen LogP contribution in [0.3, 0.4) is 0 Å². The average Bonchev–Trinajstić information content (AvgIpc) is 3.32. The van der Waals surface area contributed by atoms with Crippen molar-refractivity contribution in [2.45, 2.75) is 25.7 Å². The first-order valence-corrected chi connectivity index (χ1v) is 7.78. The normalized spacial score (nSPS) is 17.8. The van der Waals surface area contributed by atoms with Gasteiger partial charge in [0.15, 0.2) is 5.65 Å². The second-order valence-corrected chi connectivity index (χ2v) is 5.94. The summed E-state index contributed by atoms with van der Waals surface area (Å²) in [7, 11) is 0. The maximum atomic E-state index is 13.3. The van der Waals surface area contributed by atoms with Gasteiger partial charge in [-0.3, -0.25) is 10.1 Å². The molecule has 3 N–H and O–H groups in total. The van der Waals surface area contributed by atoms with Crippen LogP contribution in [0.25, 0.3) is 5.65 Å². The van der Waals surface area contributed by atoms with Gasteiger partial charge in [0, 0.05) is 24.8 Å². The Morgan fingerprint density at radius 3 is 2.96 bits per heavy atom. The molecule has 0 atom stereocenters. The molecular weight excluding hydrogens is 313 g/mol. The van der Waals surface area contributed by atoms with Crippen LogP contribution >= 0.6 is 0 Å². The number of pyridine rings is 1. The van der Waals surface area contributed by atoms with Crippen molar-refractivity contribution in [1.82, 2.24) is 14.6 Å². The molecule has 0 saturated heterocycles. The number of hydrogen-bond donors (Lipinski definition) is 2. The first-order chi connectivity index (χ1) is 11.6. The molecule has 7 nitrogen and oxygen atoms in total. The number of amides is 1. The van der Waals surface area contributed by atoms with Gasteiger partial charge < -0.3 is 10.5 Å². The lowest BCUT2D eigenvalue weighted by atomic mass is 10.1. The van der Waals surface area contributed by atoms with Gasteiger partial charge in [0.2, 0.25) is 11.9 Å². The fourth-order valence-electron chi connectivity index (χ4n) is 2.47. The predicted molar refractivity (Wildman–Crippen MR) is 84.6 cm³/mol. The van der Waals surface area contributed by atoms with Gasteiger partial charge in [-0.2, -0.15) is 4.98 Å². The zero-order valence-electron chi connectivity index (χ0n) is 12.8. The van der Waals surface area contributed by atoms with E-state index in [1.807, 2.05) is 0 Å². The van der Waals surface area contributed by atoms with Gasteiger partial charge in [-0.15, -0.1) is 5.10 Å². The third kappa shape index (κ3) is 2.94. The zero-order valence-corrected chi connectivity index (χ0v) is 12.8. The van der Waals surface area contributed by atoms with Crippen LogP contribution in [-0.2, 0) is 4.79 Å². The second kappa shape index (κ2) is 5.63. The smallest absolute Gasteiger partial charge is 0.249 e. The van der Waals surface area contributed by atoms with E-state index in [0.29, 0.717) is 23.6 Å². The summed E-state index contributed by atoms with van der Waals surface area (Å²) in [4.78, 5) is 16.0. The van der Waals surface area contributed by atoms with Crippen molar-refractivity contribution in [2.24, 2.45) is 11.7 Å². The number of fused-ring (bicyclic) bond motifs is 1. The molecule has 1 amide bonds. The molecule has 2 aromatic rings. The van der Waals surface area contributed by atoms with Crippen LogP contribution in [0.4, 0.5) is 10.3 Å². The molecule has 0 aromatic carbocycles. The molecule has 2 aromatic heterocycles. The van der Waals surface area contributed by atoms with Crippen molar-refractivity contribution in [1.29, 1.82) is 0 Å². The number of rotatable bonds is 4. The van der Waals surface area contributed by atoms with Gasteiger partial charge in [-0.1, -0.05) is 0 Å². The molecule has 0 radical (unpaired) electrons. The van der Waals surface area contributed by atoms with Crippen molar-refractivity contribution < 1.29 is 13.9 Å². The van der Waals surface area contributed by atoms with E-state index in [4.69, 9.17) is 10.5 Å². The van der Waals surface area contributed by atoms with E-state index < -0.39 is 0 Å². The van der Waals surface area contributed by atoms with Gasteiger partial charge in [0.25, 0.3) is 0 Å². The molecule has 2 aliphatic rings. The van der Waals surface area contributed by atoms with Crippen LogP contribution in [0.1, 0.15) is 25.7 Å². The summed E-state index contributed by atoms with van der Waals surface area (Å²) >= 11 is 0. The van der Waals surface area contributed by atoms with Crippen molar-refractivity contribution >= 4 is 17.5 Å². The Morgan fingerprint density at radius 1 is 1.38 bits per heavy atom. The zero-order chi connectivity index (χ0) is 16.7. The van der Waals surface area contributed by atoms with Crippen molar-refractivity contribution in [3.63, 3.8) is 0 Å². The molecule has 124 valence electrons. The molecule has 1 saturated carbocycles. The van der Waals surface area contributed by atoms with Gasteiger partial charge in [0.1, 0.15) is 17.3 Å². The second-order valence-electron chi connectivity index (χ2n) is 5.94. The Hall–Kier alpha value is -2.90. The highest BCUT2D eigenvalue weighted by atomic mass is 19.1.